The van der Waals surface area contributed by atoms with Crippen LogP contribution < -0.4 is 10.5 Å². The molecule has 0 aliphatic heterocycles. The van der Waals surface area contributed by atoms with E-state index in [1.165, 1.54) is 12.1 Å². The van der Waals surface area contributed by atoms with Gasteiger partial charge in [0, 0.05) is 12.1 Å². The van der Waals surface area contributed by atoms with Crippen LogP contribution in [-0.2, 0) is 0 Å². The number of anilines is 1. The summed E-state index contributed by atoms with van der Waals surface area (Å²) >= 11 is 5.77. The van der Waals surface area contributed by atoms with Crippen molar-refractivity contribution in [2.24, 2.45) is 0 Å². The first kappa shape index (κ1) is 13.0. The van der Waals surface area contributed by atoms with E-state index in [4.69, 9.17) is 22.1 Å². The van der Waals surface area contributed by atoms with E-state index < -0.39 is 12.6 Å². The van der Waals surface area contributed by atoms with Gasteiger partial charge in [-0.25, -0.2) is 0 Å². The molecule has 0 radical (unpaired) electrons. The molecular formula is C10H11ClF3NO. The zero-order valence-electron chi connectivity index (χ0n) is 8.35. The zero-order chi connectivity index (χ0) is 12.2. The summed E-state index contributed by atoms with van der Waals surface area (Å²) in [6, 6.07) is 4.59. The van der Waals surface area contributed by atoms with Crippen molar-refractivity contribution in [3.05, 3.63) is 23.2 Å². The number of rotatable bonds is 4. The molecule has 90 valence electrons. The number of hydrogen-bond acceptors (Lipinski definition) is 2. The minimum absolute atomic E-state index is 0.0247. The van der Waals surface area contributed by atoms with Gasteiger partial charge in [0.2, 0.25) is 0 Å². The molecule has 0 unspecified atom stereocenters. The summed E-state index contributed by atoms with van der Waals surface area (Å²) < 4.78 is 40.5. The van der Waals surface area contributed by atoms with E-state index in [0.717, 1.165) is 0 Å². The Kier molecular flexibility index (Phi) is 4.29. The van der Waals surface area contributed by atoms with Gasteiger partial charge >= 0.3 is 6.18 Å². The highest BCUT2D eigenvalue weighted by atomic mass is 35.5. The first-order valence-corrected chi connectivity index (χ1v) is 5.01. The Labute approximate surface area is 96.1 Å². The summed E-state index contributed by atoms with van der Waals surface area (Å²) in [4.78, 5) is 0. The van der Waals surface area contributed by atoms with Crippen molar-refractivity contribution in [3.8, 4) is 5.75 Å². The number of alkyl halides is 3. The molecular weight excluding hydrogens is 243 g/mol. The standard InChI is InChI=1S/C10H11ClF3NO/c11-8-6-7(15)2-3-9(8)16-5-1-4-10(12,13)14/h2-3,6H,1,4-5,15H2. The molecule has 6 heteroatoms. The second kappa shape index (κ2) is 5.30. The Morgan fingerprint density at radius 3 is 2.56 bits per heavy atom. The Morgan fingerprint density at radius 2 is 2.00 bits per heavy atom. The van der Waals surface area contributed by atoms with E-state index in [9.17, 15) is 13.2 Å². The number of halogens is 4. The van der Waals surface area contributed by atoms with Crippen LogP contribution in [0.5, 0.6) is 5.75 Å². The highest BCUT2D eigenvalue weighted by molar-refractivity contribution is 6.32. The van der Waals surface area contributed by atoms with E-state index >= 15 is 0 Å². The fraction of sp³-hybridized carbons (Fsp3) is 0.400. The number of nitrogens with two attached hydrogens (primary N) is 1. The van der Waals surface area contributed by atoms with Crippen LogP contribution in [0.15, 0.2) is 18.2 Å². The SMILES string of the molecule is Nc1ccc(OCCCC(F)(F)F)c(Cl)c1. The second-order valence-electron chi connectivity index (χ2n) is 3.26. The lowest BCUT2D eigenvalue weighted by Crippen LogP contribution is -2.09. The van der Waals surface area contributed by atoms with Crippen molar-refractivity contribution < 1.29 is 17.9 Å². The molecule has 1 aromatic rings. The molecule has 0 aromatic heterocycles. The summed E-state index contributed by atoms with van der Waals surface area (Å²) in [5.74, 6) is 0.345. The average molecular weight is 254 g/mol. The molecule has 0 fully saturated rings. The summed E-state index contributed by atoms with van der Waals surface area (Å²) in [6.07, 6.45) is -5.10. The molecule has 0 aliphatic carbocycles. The monoisotopic (exact) mass is 253 g/mol. The number of benzene rings is 1. The molecule has 0 saturated heterocycles. The summed E-state index contributed by atoms with van der Waals surface area (Å²) in [5, 5.41) is 0.298. The number of hydrogen-bond donors (Lipinski definition) is 1. The Hall–Kier alpha value is -1.10. The minimum Gasteiger partial charge on any atom is -0.492 e. The van der Waals surface area contributed by atoms with Crippen LogP contribution in [0, 0.1) is 0 Å². The van der Waals surface area contributed by atoms with E-state index in [1.807, 2.05) is 0 Å². The van der Waals surface area contributed by atoms with Crippen molar-refractivity contribution in [2.45, 2.75) is 19.0 Å². The molecule has 0 atom stereocenters. The molecule has 0 amide bonds. The molecule has 0 saturated carbocycles. The van der Waals surface area contributed by atoms with E-state index in [-0.39, 0.29) is 13.0 Å². The van der Waals surface area contributed by atoms with E-state index in [1.54, 1.807) is 6.07 Å². The Morgan fingerprint density at radius 1 is 1.31 bits per heavy atom. The largest absolute Gasteiger partial charge is 0.492 e. The first-order valence-electron chi connectivity index (χ1n) is 4.63. The van der Waals surface area contributed by atoms with E-state index in [0.29, 0.717) is 16.5 Å². The smallest absolute Gasteiger partial charge is 0.389 e. The quantitative estimate of drug-likeness (QED) is 0.657. The van der Waals surface area contributed by atoms with Gasteiger partial charge in [-0.3, -0.25) is 0 Å². The highest BCUT2D eigenvalue weighted by Crippen LogP contribution is 2.27. The van der Waals surface area contributed by atoms with Crippen LogP contribution in [0.25, 0.3) is 0 Å². The molecule has 1 aromatic carbocycles. The molecule has 0 bridgehead atoms. The maximum Gasteiger partial charge on any atom is 0.389 e. The van der Waals surface area contributed by atoms with Crippen molar-refractivity contribution in [1.29, 1.82) is 0 Å². The van der Waals surface area contributed by atoms with Gasteiger partial charge < -0.3 is 10.5 Å². The lowest BCUT2D eigenvalue weighted by Gasteiger charge is -2.09. The highest BCUT2D eigenvalue weighted by Gasteiger charge is 2.26. The van der Waals surface area contributed by atoms with Crippen LogP contribution in [0.3, 0.4) is 0 Å². The molecule has 16 heavy (non-hydrogen) atoms. The zero-order valence-corrected chi connectivity index (χ0v) is 9.11. The molecule has 2 N–H and O–H groups in total. The average Bonchev–Trinajstić information content (AvgIpc) is 2.13. The molecule has 1 rings (SSSR count). The van der Waals surface area contributed by atoms with Gasteiger partial charge in [0.05, 0.1) is 11.6 Å². The van der Waals surface area contributed by atoms with E-state index in [2.05, 4.69) is 0 Å². The molecule has 0 aliphatic rings. The summed E-state index contributed by atoms with van der Waals surface area (Å²) in [5.41, 5.74) is 5.93. The summed E-state index contributed by atoms with van der Waals surface area (Å²) in [7, 11) is 0. The predicted octanol–water partition coefficient (Wildman–Crippen LogP) is 3.64. The van der Waals surface area contributed by atoms with Crippen molar-refractivity contribution in [3.63, 3.8) is 0 Å². The lowest BCUT2D eigenvalue weighted by atomic mass is 10.3. The van der Waals surface area contributed by atoms with Gasteiger partial charge in [0.15, 0.2) is 0 Å². The molecule has 0 heterocycles. The van der Waals surface area contributed by atoms with Crippen LogP contribution in [0.2, 0.25) is 5.02 Å². The van der Waals surface area contributed by atoms with Gasteiger partial charge in [-0.15, -0.1) is 0 Å². The van der Waals surface area contributed by atoms with Gasteiger partial charge in [-0.2, -0.15) is 13.2 Å². The Balaban J connectivity index is 2.38. The van der Waals surface area contributed by atoms with Crippen molar-refractivity contribution >= 4 is 17.3 Å². The molecule has 0 spiro atoms. The van der Waals surface area contributed by atoms with Crippen molar-refractivity contribution in [1.82, 2.24) is 0 Å². The minimum atomic E-state index is -4.14. The third kappa shape index (κ3) is 4.61. The summed E-state index contributed by atoms with van der Waals surface area (Å²) in [6.45, 7) is -0.0247. The molecule has 2 nitrogen and oxygen atoms in total. The van der Waals surface area contributed by atoms with Gasteiger partial charge in [0.25, 0.3) is 0 Å². The normalized spacial score (nSPS) is 11.5. The second-order valence-corrected chi connectivity index (χ2v) is 3.66. The topological polar surface area (TPSA) is 35.2 Å². The van der Waals surface area contributed by atoms with Gasteiger partial charge in [0.1, 0.15) is 5.75 Å². The first-order chi connectivity index (χ1) is 7.38. The number of nitrogen functional groups attached to an aromatic ring is 1. The fourth-order valence-corrected chi connectivity index (χ4v) is 1.33. The predicted molar refractivity (Wildman–Crippen MR) is 56.6 cm³/mol. The maximum absolute atomic E-state index is 11.8. The third-order valence-corrected chi connectivity index (χ3v) is 2.11. The van der Waals surface area contributed by atoms with Gasteiger partial charge in [-0.1, -0.05) is 11.6 Å². The lowest BCUT2D eigenvalue weighted by molar-refractivity contribution is -0.136. The fourth-order valence-electron chi connectivity index (χ4n) is 1.09. The van der Waals surface area contributed by atoms with Gasteiger partial charge in [-0.05, 0) is 24.6 Å². The van der Waals surface area contributed by atoms with Crippen LogP contribution in [0.1, 0.15) is 12.8 Å². The van der Waals surface area contributed by atoms with Crippen LogP contribution in [-0.4, -0.2) is 12.8 Å². The van der Waals surface area contributed by atoms with Crippen LogP contribution in [0.4, 0.5) is 18.9 Å². The number of ether oxygens (including phenoxy) is 1. The maximum atomic E-state index is 11.8. The Bertz CT molecular complexity index is 354. The third-order valence-electron chi connectivity index (χ3n) is 1.82. The van der Waals surface area contributed by atoms with Crippen molar-refractivity contribution in [2.75, 3.05) is 12.3 Å². The van der Waals surface area contributed by atoms with Crippen LogP contribution >= 0.6 is 11.6 Å².